The van der Waals surface area contributed by atoms with Crippen LogP contribution in [0.2, 0.25) is 0 Å². The van der Waals surface area contributed by atoms with Gasteiger partial charge in [-0.15, -0.1) is 0 Å². The topological polar surface area (TPSA) is 51.6 Å². The Balaban J connectivity index is 1.68. The fraction of sp³-hybridized carbons (Fsp3) is 0. The molecule has 37 heavy (non-hydrogen) atoms. The normalized spacial score (nSPS) is 11.2. The maximum absolute atomic E-state index is 4.76. The van der Waals surface area contributed by atoms with E-state index >= 15 is 0 Å². The first-order chi connectivity index (χ1) is 18.4. The molecule has 0 aliphatic rings. The summed E-state index contributed by atoms with van der Waals surface area (Å²) < 4.78 is 0. The van der Waals surface area contributed by atoms with Crippen molar-refractivity contribution in [2.75, 3.05) is 0 Å². The van der Waals surface area contributed by atoms with Crippen molar-refractivity contribution in [3.8, 4) is 22.4 Å². The Kier molecular flexibility index (Phi) is 6.19. The SMILES string of the molecule is c1ccc([Si](c2ccccc2)(c2cncc(-c3cccnc3)c2)c2cncc(-c3ccccn3)c2)cc1. The largest absolute Gasteiger partial charge is 0.264 e. The van der Waals surface area contributed by atoms with Crippen molar-refractivity contribution in [1.29, 1.82) is 0 Å². The summed E-state index contributed by atoms with van der Waals surface area (Å²) in [5, 5.41) is 4.90. The lowest BCUT2D eigenvalue weighted by Crippen LogP contribution is -2.75. The molecule has 0 spiro atoms. The van der Waals surface area contributed by atoms with Gasteiger partial charge in [0.15, 0.2) is 8.07 Å². The summed E-state index contributed by atoms with van der Waals surface area (Å²) in [6.07, 6.45) is 13.4. The van der Waals surface area contributed by atoms with Crippen LogP contribution in [0.5, 0.6) is 0 Å². The number of hydrogen-bond acceptors (Lipinski definition) is 4. The van der Waals surface area contributed by atoms with Crippen molar-refractivity contribution in [2.45, 2.75) is 0 Å². The van der Waals surface area contributed by atoms with E-state index in [4.69, 9.17) is 9.97 Å². The van der Waals surface area contributed by atoms with Crippen LogP contribution < -0.4 is 20.7 Å². The van der Waals surface area contributed by atoms with Gasteiger partial charge in [0.25, 0.3) is 0 Å². The first-order valence-corrected chi connectivity index (χ1v) is 14.2. The van der Waals surface area contributed by atoms with Gasteiger partial charge in [-0.1, -0.05) is 78.9 Å². The summed E-state index contributed by atoms with van der Waals surface area (Å²) in [7, 11) is -2.80. The maximum Gasteiger partial charge on any atom is 0.182 e. The predicted octanol–water partition coefficient (Wildman–Crippen LogP) is 3.98. The molecule has 0 atom stereocenters. The van der Waals surface area contributed by atoms with Gasteiger partial charge in [-0.25, -0.2) is 0 Å². The van der Waals surface area contributed by atoms with Crippen molar-refractivity contribution >= 4 is 28.8 Å². The fourth-order valence-corrected chi connectivity index (χ4v) is 9.70. The maximum atomic E-state index is 4.76. The van der Waals surface area contributed by atoms with E-state index < -0.39 is 8.07 Å². The van der Waals surface area contributed by atoms with Crippen LogP contribution in [0.3, 0.4) is 0 Å². The molecule has 0 amide bonds. The lowest BCUT2D eigenvalue weighted by molar-refractivity contribution is 1.28. The number of hydrogen-bond donors (Lipinski definition) is 0. The number of nitrogens with zero attached hydrogens (tertiary/aromatic N) is 4. The highest BCUT2D eigenvalue weighted by Crippen LogP contribution is 2.19. The highest BCUT2D eigenvalue weighted by Gasteiger charge is 2.42. The molecule has 4 nitrogen and oxygen atoms in total. The van der Waals surface area contributed by atoms with E-state index in [1.54, 1.807) is 6.20 Å². The molecular weight excluding hydrogens is 468 g/mol. The second-order valence-corrected chi connectivity index (χ2v) is 12.7. The number of pyridine rings is 4. The first-order valence-electron chi connectivity index (χ1n) is 12.2. The first kappa shape index (κ1) is 22.7. The molecule has 2 aromatic carbocycles. The molecule has 6 aromatic rings. The van der Waals surface area contributed by atoms with Gasteiger partial charge in [-0.05, 0) is 45.0 Å². The lowest BCUT2D eigenvalue weighted by atomic mass is 10.1. The smallest absolute Gasteiger partial charge is 0.182 e. The third kappa shape index (κ3) is 4.26. The van der Waals surface area contributed by atoms with Crippen LogP contribution in [0.1, 0.15) is 0 Å². The molecule has 0 saturated carbocycles. The minimum Gasteiger partial charge on any atom is -0.264 e. The van der Waals surface area contributed by atoms with Crippen LogP contribution in [0.4, 0.5) is 0 Å². The Morgan fingerprint density at radius 1 is 0.405 bits per heavy atom. The Morgan fingerprint density at radius 2 is 1.00 bits per heavy atom. The van der Waals surface area contributed by atoms with Gasteiger partial charge >= 0.3 is 0 Å². The quantitative estimate of drug-likeness (QED) is 0.330. The van der Waals surface area contributed by atoms with Gasteiger partial charge in [-0.2, -0.15) is 0 Å². The predicted molar refractivity (Wildman–Crippen MR) is 152 cm³/mol. The second-order valence-electron chi connectivity index (χ2n) is 8.86. The minimum absolute atomic E-state index is 0.906. The Bertz CT molecular complexity index is 1480. The van der Waals surface area contributed by atoms with E-state index in [0.29, 0.717) is 0 Å². The molecule has 0 fully saturated rings. The van der Waals surface area contributed by atoms with Gasteiger partial charge in [0.2, 0.25) is 0 Å². The molecule has 0 N–H and O–H groups in total. The van der Waals surface area contributed by atoms with E-state index in [1.807, 2.05) is 61.4 Å². The van der Waals surface area contributed by atoms with Gasteiger partial charge in [0.1, 0.15) is 0 Å². The zero-order valence-corrected chi connectivity index (χ0v) is 21.1. The Labute approximate surface area is 217 Å². The number of benzene rings is 2. The van der Waals surface area contributed by atoms with Crippen LogP contribution in [-0.2, 0) is 0 Å². The third-order valence-corrected chi connectivity index (χ3v) is 11.4. The van der Waals surface area contributed by atoms with Crippen LogP contribution in [0.25, 0.3) is 22.4 Å². The number of rotatable bonds is 6. The summed E-state index contributed by atoms with van der Waals surface area (Å²) in [5.74, 6) is 0. The zero-order chi connectivity index (χ0) is 24.9. The summed E-state index contributed by atoms with van der Waals surface area (Å²) in [6.45, 7) is 0. The Morgan fingerprint density at radius 3 is 1.59 bits per heavy atom. The van der Waals surface area contributed by atoms with Crippen molar-refractivity contribution in [1.82, 2.24) is 19.9 Å². The molecule has 0 radical (unpaired) electrons. The van der Waals surface area contributed by atoms with Crippen LogP contribution in [0.15, 0.2) is 147 Å². The minimum atomic E-state index is -2.80. The van der Waals surface area contributed by atoms with Gasteiger partial charge in [0.05, 0.1) is 5.69 Å². The van der Waals surface area contributed by atoms with E-state index in [1.165, 1.54) is 20.7 Å². The molecule has 0 bridgehead atoms. The average molecular weight is 493 g/mol. The number of aromatic nitrogens is 4. The van der Waals surface area contributed by atoms with Crippen LogP contribution in [0, 0.1) is 0 Å². The van der Waals surface area contributed by atoms with Gasteiger partial charge in [0, 0.05) is 60.1 Å². The molecule has 0 saturated heterocycles. The molecular formula is C32H24N4Si. The lowest BCUT2D eigenvalue weighted by Gasteiger charge is -2.34. The molecule has 0 aliphatic heterocycles. The summed E-state index contributed by atoms with van der Waals surface area (Å²) in [5.41, 5.74) is 3.99. The fourth-order valence-electron chi connectivity index (χ4n) is 5.03. The van der Waals surface area contributed by atoms with E-state index in [2.05, 4.69) is 88.8 Å². The highest BCUT2D eigenvalue weighted by atomic mass is 28.3. The second kappa shape index (κ2) is 10.1. The molecule has 4 heterocycles. The van der Waals surface area contributed by atoms with Gasteiger partial charge in [-0.3, -0.25) is 19.9 Å². The third-order valence-electron chi connectivity index (χ3n) is 6.71. The van der Waals surface area contributed by atoms with Gasteiger partial charge < -0.3 is 0 Å². The van der Waals surface area contributed by atoms with E-state index in [9.17, 15) is 0 Å². The van der Waals surface area contributed by atoms with Crippen LogP contribution in [-0.4, -0.2) is 28.0 Å². The molecule has 5 heteroatoms. The van der Waals surface area contributed by atoms with Crippen molar-refractivity contribution in [3.05, 3.63) is 147 Å². The molecule has 4 aromatic heterocycles. The highest BCUT2D eigenvalue weighted by molar-refractivity contribution is 7.19. The molecule has 6 rings (SSSR count). The van der Waals surface area contributed by atoms with E-state index in [-0.39, 0.29) is 0 Å². The molecule has 176 valence electrons. The molecule has 0 unspecified atom stereocenters. The van der Waals surface area contributed by atoms with Crippen molar-refractivity contribution < 1.29 is 0 Å². The Hall–Kier alpha value is -4.74. The molecule has 0 aliphatic carbocycles. The summed E-state index contributed by atoms with van der Waals surface area (Å²) >= 11 is 0. The zero-order valence-electron chi connectivity index (χ0n) is 20.1. The standard InChI is InChI=1S/C32H24N4Si/c1-3-11-28(12-4-1)37(29-13-5-2-6-14-29,30-18-26(21-34-23-30)25-10-9-16-33-20-25)31-19-27(22-35-24-31)32-15-7-8-17-36-32/h1-24H. The average Bonchev–Trinajstić information content (AvgIpc) is 3.00. The monoisotopic (exact) mass is 492 g/mol. The summed E-state index contributed by atoms with van der Waals surface area (Å²) in [6, 6.07) is 36.1. The van der Waals surface area contributed by atoms with E-state index in [0.717, 1.165) is 22.4 Å². The van der Waals surface area contributed by atoms with Crippen molar-refractivity contribution in [3.63, 3.8) is 0 Å². The van der Waals surface area contributed by atoms with Crippen LogP contribution >= 0.6 is 0 Å². The summed E-state index contributed by atoms with van der Waals surface area (Å²) in [4.78, 5) is 18.4. The van der Waals surface area contributed by atoms with Crippen molar-refractivity contribution in [2.24, 2.45) is 0 Å².